The summed E-state index contributed by atoms with van der Waals surface area (Å²) in [5.41, 5.74) is 0.554. The van der Waals surface area contributed by atoms with Crippen LogP contribution in [0.5, 0.6) is 0 Å². The molecule has 0 aliphatic rings. The molecule has 0 radical (unpaired) electrons. The van der Waals surface area contributed by atoms with Crippen molar-refractivity contribution >= 4 is 38.3 Å². The highest BCUT2D eigenvalue weighted by atomic mass is 79.9. The van der Waals surface area contributed by atoms with Crippen LogP contribution in [0.4, 0.5) is 18.3 Å². The van der Waals surface area contributed by atoms with Crippen LogP contribution < -0.4 is 5.32 Å². The molecule has 2 aromatic heterocycles. The van der Waals surface area contributed by atoms with E-state index in [0.29, 0.717) is 10.8 Å². The number of carbonyl (C=O) groups excluding carboxylic acids is 1. The predicted octanol–water partition coefficient (Wildman–Crippen LogP) is 5.24. The third kappa shape index (κ3) is 4.23. The summed E-state index contributed by atoms with van der Waals surface area (Å²) in [6, 6.07) is 9.36. The van der Waals surface area contributed by atoms with E-state index in [-0.39, 0.29) is 5.56 Å². The summed E-state index contributed by atoms with van der Waals surface area (Å²) < 4.78 is 38.4. The lowest BCUT2D eigenvalue weighted by Crippen LogP contribution is -2.14. The maximum atomic E-state index is 12.5. The van der Waals surface area contributed by atoms with Crippen LogP contribution in [0.2, 0.25) is 0 Å². The Balaban J connectivity index is 1.72. The summed E-state index contributed by atoms with van der Waals surface area (Å²) in [6.07, 6.45) is -3.65. The second kappa shape index (κ2) is 6.93. The van der Waals surface area contributed by atoms with Crippen LogP contribution in [0.3, 0.4) is 0 Å². The van der Waals surface area contributed by atoms with Gasteiger partial charge in [-0.25, -0.2) is 4.98 Å². The van der Waals surface area contributed by atoms with Gasteiger partial charge in [-0.2, -0.15) is 13.2 Å². The average Bonchev–Trinajstić information content (AvgIpc) is 3.03. The first-order chi connectivity index (χ1) is 11.8. The van der Waals surface area contributed by atoms with Crippen LogP contribution in [0.1, 0.15) is 16.1 Å². The van der Waals surface area contributed by atoms with Gasteiger partial charge in [-0.1, -0.05) is 28.1 Å². The fourth-order valence-electron chi connectivity index (χ4n) is 1.95. The number of pyridine rings is 1. The summed E-state index contributed by atoms with van der Waals surface area (Å²) in [6.45, 7) is 0. The Morgan fingerprint density at radius 2 is 1.84 bits per heavy atom. The number of aromatic nitrogens is 2. The zero-order valence-corrected chi connectivity index (χ0v) is 14.7. The summed E-state index contributed by atoms with van der Waals surface area (Å²) in [7, 11) is 0. The zero-order valence-electron chi connectivity index (χ0n) is 12.3. The van der Waals surface area contributed by atoms with Crippen molar-refractivity contribution in [1.82, 2.24) is 9.97 Å². The quantitative estimate of drug-likeness (QED) is 0.621. The number of nitrogens with zero attached hydrogens (tertiary/aromatic N) is 2. The number of hydrogen-bond donors (Lipinski definition) is 1. The number of rotatable bonds is 3. The molecule has 0 unspecified atom stereocenters. The number of thiazole rings is 1. The summed E-state index contributed by atoms with van der Waals surface area (Å²) in [5.74, 6) is -0.571. The first kappa shape index (κ1) is 17.6. The van der Waals surface area contributed by atoms with E-state index in [1.54, 1.807) is 5.38 Å². The number of hydrogen-bond acceptors (Lipinski definition) is 4. The van der Waals surface area contributed by atoms with Crippen LogP contribution in [0, 0.1) is 0 Å². The monoisotopic (exact) mass is 427 g/mol. The number of nitrogens with one attached hydrogen (secondary N) is 1. The first-order valence-corrected chi connectivity index (χ1v) is 8.56. The minimum absolute atomic E-state index is 0.0217. The highest BCUT2D eigenvalue weighted by molar-refractivity contribution is 9.10. The molecule has 2 heterocycles. The molecule has 3 aromatic rings. The van der Waals surface area contributed by atoms with Gasteiger partial charge in [0.05, 0.1) is 11.3 Å². The van der Waals surface area contributed by atoms with Gasteiger partial charge in [-0.05, 0) is 24.3 Å². The molecule has 0 spiro atoms. The molecule has 128 valence electrons. The van der Waals surface area contributed by atoms with Gasteiger partial charge < -0.3 is 0 Å². The van der Waals surface area contributed by atoms with Gasteiger partial charge in [0.2, 0.25) is 0 Å². The second-order valence-electron chi connectivity index (χ2n) is 4.93. The van der Waals surface area contributed by atoms with Gasteiger partial charge >= 0.3 is 6.18 Å². The van der Waals surface area contributed by atoms with E-state index < -0.39 is 17.8 Å². The Labute approximate surface area is 152 Å². The average molecular weight is 428 g/mol. The minimum atomic E-state index is -4.54. The largest absolute Gasteiger partial charge is 0.433 e. The first-order valence-electron chi connectivity index (χ1n) is 6.89. The smallest absolute Gasteiger partial charge is 0.298 e. The van der Waals surface area contributed by atoms with E-state index in [2.05, 4.69) is 31.2 Å². The topological polar surface area (TPSA) is 54.9 Å². The fourth-order valence-corrected chi connectivity index (χ4v) is 2.93. The van der Waals surface area contributed by atoms with E-state index in [1.165, 1.54) is 11.3 Å². The number of alkyl halides is 3. The van der Waals surface area contributed by atoms with Crippen molar-refractivity contribution in [2.45, 2.75) is 6.18 Å². The van der Waals surface area contributed by atoms with Crippen LogP contribution >= 0.6 is 27.3 Å². The number of anilines is 1. The Hall–Kier alpha value is -2.26. The van der Waals surface area contributed by atoms with Gasteiger partial charge in [-0.15, -0.1) is 11.3 Å². The Bertz CT molecular complexity index is 892. The van der Waals surface area contributed by atoms with E-state index in [9.17, 15) is 18.0 Å². The number of carbonyl (C=O) groups is 1. The maximum Gasteiger partial charge on any atom is 0.433 e. The van der Waals surface area contributed by atoms with Crippen molar-refractivity contribution in [1.29, 1.82) is 0 Å². The van der Waals surface area contributed by atoms with Crippen LogP contribution in [-0.4, -0.2) is 15.9 Å². The lowest BCUT2D eigenvalue weighted by Gasteiger charge is -2.06. The molecule has 1 N–H and O–H groups in total. The SMILES string of the molecule is O=C(Nc1nc(-c2ccc(Br)cc2)cs1)c1ccc(C(F)(F)F)nc1. The molecule has 0 atom stereocenters. The molecule has 0 fully saturated rings. The molecular weight excluding hydrogens is 419 g/mol. The molecular formula is C16H9BrF3N3OS. The fraction of sp³-hybridized carbons (Fsp3) is 0.0625. The zero-order chi connectivity index (χ0) is 18.0. The Kier molecular flexibility index (Phi) is 4.87. The van der Waals surface area contributed by atoms with Crippen LogP contribution in [-0.2, 0) is 6.18 Å². The molecule has 0 aliphatic heterocycles. The highest BCUT2D eigenvalue weighted by Gasteiger charge is 2.32. The number of amides is 1. The summed E-state index contributed by atoms with van der Waals surface area (Å²) in [5, 5.41) is 4.69. The predicted molar refractivity (Wildman–Crippen MR) is 92.4 cm³/mol. The molecule has 0 saturated carbocycles. The second-order valence-corrected chi connectivity index (χ2v) is 6.70. The Morgan fingerprint density at radius 1 is 1.12 bits per heavy atom. The lowest BCUT2D eigenvalue weighted by atomic mass is 10.2. The molecule has 25 heavy (non-hydrogen) atoms. The minimum Gasteiger partial charge on any atom is -0.298 e. The Morgan fingerprint density at radius 3 is 2.44 bits per heavy atom. The number of benzene rings is 1. The third-order valence-electron chi connectivity index (χ3n) is 3.18. The third-order valence-corrected chi connectivity index (χ3v) is 4.47. The standard InChI is InChI=1S/C16H9BrF3N3OS/c17-11-4-1-9(2-5-11)12-8-25-15(22-12)23-14(24)10-3-6-13(21-7-10)16(18,19)20/h1-8H,(H,22,23,24). The molecule has 0 aliphatic carbocycles. The van der Waals surface area contributed by atoms with Gasteiger partial charge in [0.15, 0.2) is 5.13 Å². The summed E-state index contributed by atoms with van der Waals surface area (Å²) >= 11 is 4.57. The molecule has 0 bridgehead atoms. The van der Waals surface area contributed by atoms with E-state index >= 15 is 0 Å². The number of halogens is 4. The van der Waals surface area contributed by atoms with Crippen molar-refractivity contribution in [2.24, 2.45) is 0 Å². The van der Waals surface area contributed by atoms with Gasteiger partial charge in [0.1, 0.15) is 5.69 Å². The normalized spacial score (nSPS) is 11.4. The van der Waals surface area contributed by atoms with E-state index in [1.807, 2.05) is 24.3 Å². The lowest BCUT2D eigenvalue weighted by molar-refractivity contribution is -0.141. The van der Waals surface area contributed by atoms with E-state index in [4.69, 9.17) is 0 Å². The highest BCUT2D eigenvalue weighted by Crippen LogP contribution is 2.28. The van der Waals surface area contributed by atoms with Gasteiger partial charge in [0.25, 0.3) is 5.91 Å². The van der Waals surface area contributed by atoms with Gasteiger partial charge in [-0.3, -0.25) is 15.1 Å². The van der Waals surface area contributed by atoms with Crippen molar-refractivity contribution in [3.8, 4) is 11.3 Å². The van der Waals surface area contributed by atoms with E-state index in [0.717, 1.165) is 28.4 Å². The van der Waals surface area contributed by atoms with Crippen molar-refractivity contribution < 1.29 is 18.0 Å². The van der Waals surface area contributed by atoms with Crippen LogP contribution in [0.15, 0.2) is 52.4 Å². The molecule has 9 heteroatoms. The van der Waals surface area contributed by atoms with Gasteiger partial charge in [0, 0.05) is 21.6 Å². The summed E-state index contributed by atoms with van der Waals surface area (Å²) in [4.78, 5) is 19.7. The molecule has 1 amide bonds. The van der Waals surface area contributed by atoms with Crippen molar-refractivity contribution in [3.63, 3.8) is 0 Å². The molecule has 0 saturated heterocycles. The maximum absolute atomic E-state index is 12.5. The van der Waals surface area contributed by atoms with Crippen LogP contribution in [0.25, 0.3) is 11.3 Å². The molecule has 4 nitrogen and oxygen atoms in total. The molecule has 1 aromatic carbocycles. The van der Waals surface area contributed by atoms with Crippen molar-refractivity contribution in [2.75, 3.05) is 5.32 Å². The van der Waals surface area contributed by atoms with Crippen molar-refractivity contribution in [3.05, 3.63) is 63.7 Å². The molecule has 3 rings (SSSR count).